The Bertz CT molecular complexity index is 1320. The summed E-state index contributed by atoms with van der Waals surface area (Å²) in [5, 5.41) is 1.78. The van der Waals surface area contributed by atoms with E-state index < -0.39 is 0 Å². The van der Waals surface area contributed by atoms with Gasteiger partial charge in [0.2, 0.25) is 0 Å². The molecule has 0 atom stereocenters. The van der Waals surface area contributed by atoms with Gasteiger partial charge in [-0.2, -0.15) is 0 Å². The molecule has 3 heterocycles. The molecule has 0 amide bonds. The second-order valence-electron chi connectivity index (χ2n) is 8.23. The number of fused-ring (bicyclic) bond motifs is 2. The highest BCUT2D eigenvalue weighted by Gasteiger charge is 2.20. The molecule has 0 aliphatic carbocycles. The SMILES string of the molecule is CN(C)c1ccc2c(ccn2-c2cc(Cl)c3c(c2)CN(Cc2cnc(=O)[nH]c2)CCO3)c1. The summed E-state index contributed by atoms with van der Waals surface area (Å²) >= 11 is 6.67. The molecule has 5 rings (SSSR count). The first-order valence-corrected chi connectivity index (χ1v) is 10.9. The van der Waals surface area contributed by atoms with Crippen molar-refractivity contribution >= 4 is 28.2 Å². The molecule has 1 aliphatic heterocycles. The first-order chi connectivity index (χ1) is 15.5. The molecule has 2 aromatic heterocycles. The number of halogens is 1. The Hall–Kier alpha value is -3.29. The third-order valence-electron chi connectivity index (χ3n) is 5.76. The fraction of sp³-hybridized carbons (Fsp3) is 0.250. The fourth-order valence-corrected chi connectivity index (χ4v) is 4.42. The number of ether oxygens (including phenoxy) is 1. The second-order valence-corrected chi connectivity index (χ2v) is 8.63. The number of benzene rings is 2. The number of nitrogens with zero attached hydrogens (tertiary/aromatic N) is 4. The van der Waals surface area contributed by atoms with Gasteiger partial charge >= 0.3 is 5.69 Å². The van der Waals surface area contributed by atoms with Gasteiger partial charge in [-0.25, -0.2) is 9.78 Å². The Morgan fingerprint density at radius 3 is 2.88 bits per heavy atom. The topological polar surface area (TPSA) is 66.4 Å². The Balaban J connectivity index is 1.49. The molecule has 4 aromatic rings. The van der Waals surface area contributed by atoms with Crippen molar-refractivity contribution in [1.82, 2.24) is 19.4 Å². The minimum absolute atomic E-state index is 0.341. The van der Waals surface area contributed by atoms with Crippen LogP contribution in [-0.2, 0) is 13.1 Å². The predicted octanol–water partition coefficient (Wildman–Crippen LogP) is 3.83. The number of hydrogen-bond acceptors (Lipinski definition) is 5. The van der Waals surface area contributed by atoms with Crippen molar-refractivity contribution < 1.29 is 4.74 Å². The van der Waals surface area contributed by atoms with E-state index in [2.05, 4.69) is 60.9 Å². The van der Waals surface area contributed by atoms with Crippen LogP contribution >= 0.6 is 11.6 Å². The number of nitrogens with one attached hydrogen (secondary N) is 1. The highest BCUT2D eigenvalue weighted by Crippen LogP contribution is 2.35. The van der Waals surface area contributed by atoms with Crippen molar-refractivity contribution in [3.05, 3.63) is 81.6 Å². The van der Waals surface area contributed by atoms with Gasteiger partial charge < -0.3 is 19.2 Å². The van der Waals surface area contributed by atoms with Gasteiger partial charge in [-0.3, -0.25) is 4.90 Å². The van der Waals surface area contributed by atoms with E-state index in [1.165, 1.54) is 5.39 Å². The largest absolute Gasteiger partial charge is 0.490 e. The molecule has 8 heteroatoms. The molecular formula is C24H24ClN5O2. The monoisotopic (exact) mass is 449 g/mol. The second kappa shape index (κ2) is 8.33. The summed E-state index contributed by atoms with van der Waals surface area (Å²) in [6, 6.07) is 12.7. The Morgan fingerprint density at radius 2 is 2.09 bits per heavy atom. The first kappa shape index (κ1) is 20.6. The van der Waals surface area contributed by atoms with E-state index in [1.54, 1.807) is 12.4 Å². The van der Waals surface area contributed by atoms with E-state index in [9.17, 15) is 4.79 Å². The van der Waals surface area contributed by atoms with E-state index in [-0.39, 0.29) is 5.69 Å². The van der Waals surface area contributed by atoms with E-state index in [0.29, 0.717) is 24.7 Å². The summed E-state index contributed by atoms with van der Waals surface area (Å²) in [6.07, 6.45) is 5.39. The van der Waals surface area contributed by atoms with Gasteiger partial charge in [-0.05, 0) is 36.4 Å². The zero-order valence-corrected chi connectivity index (χ0v) is 18.8. The van der Waals surface area contributed by atoms with Gasteiger partial charge in [0, 0.05) is 80.2 Å². The molecule has 0 bridgehead atoms. The smallest absolute Gasteiger partial charge is 0.344 e. The molecule has 0 unspecified atom stereocenters. The van der Waals surface area contributed by atoms with Crippen molar-refractivity contribution in [2.24, 2.45) is 0 Å². The predicted molar refractivity (Wildman–Crippen MR) is 127 cm³/mol. The number of anilines is 1. The maximum absolute atomic E-state index is 11.2. The lowest BCUT2D eigenvalue weighted by Crippen LogP contribution is -2.26. The summed E-state index contributed by atoms with van der Waals surface area (Å²) in [7, 11) is 4.08. The summed E-state index contributed by atoms with van der Waals surface area (Å²) in [5.74, 6) is 0.740. The Kier molecular flexibility index (Phi) is 5.36. The van der Waals surface area contributed by atoms with Crippen LogP contribution in [0, 0.1) is 0 Å². The lowest BCUT2D eigenvalue weighted by molar-refractivity contribution is 0.219. The number of aromatic amines is 1. The van der Waals surface area contributed by atoms with Gasteiger partial charge in [0.25, 0.3) is 0 Å². The quantitative estimate of drug-likeness (QED) is 0.513. The van der Waals surface area contributed by atoms with E-state index in [4.69, 9.17) is 16.3 Å². The van der Waals surface area contributed by atoms with Crippen LogP contribution in [0.15, 0.2) is 59.8 Å². The molecule has 0 radical (unpaired) electrons. The molecule has 0 saturated carbocycles. The lowest BCUT2D eigenvalue weighted by atomic mass is 10.1. The van der Waals surface area contributed by atoms with Crippen molar-refractivity contribution in [3.8, 4) is 11.4 Å². The molecule has 2 aromatic carbocycles. The highest BCUT2D eigenvalue weighted by atomic mass is 35.5. The fourth-order valence-electron chi connectivity index (χ4n) is 4.13. The zero-order valence-electron chi connectivity index (χ0n) is 18.0. The van der Waals surface area contributed by atoms with Crippen LogP contribution < -0.4 is 15.3 Å². The standard InChI is InChI=1S/C24H24ClN5O2/c1-28(2)19-3-4-22-17(9-19)5-6-30(22)20-10-18-15-29(7-8-32-23(18)21(25)11-20)14-16-12-26-24(31)27-13-16/h3-6,9-13H,7-8,14-15H2,1-2H3,(H,26,27,31). The third kappa shape index (κ3) is 3.97. The molecule has 7 nitrogen and oxygen atoms in total. The van der Waals surface area contributed by atoms with Gasteiger partial charge in [0.05, 0.1) is 10.5 Å². The molecule has 32 heavy (non-hydrogen) atoms. The Morgan fingerprint density at radius 1 is 1.22 bits per heavy atom. The highest BCUT2D eigenvalue weighted by molar-refractivity contribution is 6.32. The van der Waals surface area contributed by atoms with Crippen LogP contribution in [0.5, 0.6) is 5.75 Å². The van der Waals surface area contributed by atoms with Gasteiger partial charge in [-0.1, -0.05) is 11.6 Å². The van der Waals surface area contributed by atoms with Crippen LogP contribution in [-0.4, -0.2) is 46.7 Å². The molecule has 0 fully saturated rings. The van der Waals surface area contributed by atoms with Gasteiger partial charge in [0.15, 0.2) is 0 Å². The van der Waals surface area contributed by atoms with Crippen LogP contribution in [0.25, 0.3) is 16.6 Å². The van der Waals surface area contributed by atoms with Crippen LogP contribution in [0.1, 0.15) is 11.1 Å². The average Bonchev–Trinajstić information content (AvgIpc) is 3.09. The van der Waals surface area contributed by atoms with Crippen molar-refractivity contribution in [1.29, 1.82) is 0 Å². The minimum atomic E-state index is -0.341. The molecule has 0 spiro atoms. The summed E-state index contributed by atoms with van der Waals surface area (Å²) < 4.78 is 8.16. The zero-order chi connectivity index (χ0) is 22.2. The van der Waals surface area contributed by atoms with Gasteiger partial charge in [0.1, 0.15) is 12.4 Å². The summed E-state index contributed by atoms with van der Waals surface area (Å²) in [4.78, 5) is 22.1. The van der Waals surface area contributed by atoms with E-state index in [1.807, 2.05) is 20.2 Å². The number of H-pyrrole nitrogens is 1. The molecule has 0 saturated heterocycles. The molecule has 1 aliphatic rings. The first-order valence-electron chi connectivity index (χ1n) is 10.5. The van der Waals surface area contributed by atoms with Crippen molar-refractivity contribution in [2.45, 2.75) is 13.1 Å². The van der Waals surface area contributed by atoms with Crippen molar-refractivity contribution in [2.75, 3.05) is 32.1 Å². The van der Waals surface area contributed by atoms with E-state index in [0.717, 1.165) is 40.3 Å². The third-order valence-corrected chi connectivity index (χ3v) is 6.04. The van der Waals surface area contributed by atoms with E-state index >= 15 is 0 Å². The maximum atomic E-state index is 11.2. The maximum Gasteiger partial charge on any atom is 0.344 e. The van der Waals surface area contributed by atoms with Crippen LogP contribution in [0.4, 0.5) is 5.69 Å². The minimum Gasteiger partial charge on any atom is -0.490 e. The van der Waals surface area contributed by atoms with Crippen LogP contribution in [0.2, 0.25) is 5.02 Å². The van der Waals surface area contributed by atoms with Gasteiger partial charge in [-0.15, -0.1) is 0 Å². The van der Waals surface area contributed by atoms with Crippen LogP contribution in [0.3, 0.4) is 0 Å². The molecule has 1 N–H and O–H groups in total. The average molecular weight is 450 g/mol. The lowest BCUT2D eigenvalue weighted by Gasteiger charge is -2.19. The number of aromatic nitrogens is 3. The Labute approximate surface area is 190 Å². The normalized spacial score (nSPS) is 14.1. The molecule has 164 valence electrons. The number of rotatable bonds is 4. The van der Waals surface area contributed by atoms with Crippen molar-refractivity contribution in [3.63, 3.8) is 0 Å². The summed E-state index contributed by atoms with van der Waals surface area (Å²) in [6.45, 7) is 2.64. The number of hydrogen-bond donors (Lipinski definition) is 1. The molecular weight excluding hydrogens is 426 g/mol. The summed E-state index contributed by atoms with van der Waals surface area (Å²) in [5.41, 5.74) is 4.93.